The van der Waals surface area contributed by atoms with Crippen LogP contribution in [0.5, 0.6) is 0 Å². The fraction of sp³-hybridized carbons (Fsp3) is 1.00. The van der Waals surface area contributed by atoms with Gasteiger partial charge in [-0.2, -0.15) is 0 Å². The Kier molecular flexibility index (Phi) is 22.7. The number of hydrogen-bond acceptors (Lipinski definition) is 0. The second kappa shape index (κ2) is 18.4. The average molecular weight is 227 g/mol. The van der Waals surface area contributed by atoms with Crippen molar-refractivity contribution in [2.24, 2.45) is 0 Å². The Balaban J connectivity index is 0. The van der Waals surface area contributed by atoms with Crippen molar-refractivity contribution in [3.8, 4) is 0 Å². The largest absolute Gasteiger partial charge is 0.127 e. The highest BCUT2D eigenvalue weighted by molar-refractivity contribution is 6.18. The minimum absolute atomic E-state index is 0.827. The van der Waals surface area contributed by atoms with E-state index in [9.17, 15) is 0 Å². The minimum Gasteiger partial charge on any atom is -0.127 e. The summed E-state index contributed by atoms with van der Waals surface area (Å²) in [6.45, 7) is 4.38. The van der Waals surface area contributed by atoms with Gasteiger partial charge in [-0.25, -0.2) is 0 Å². The number of unbranched alkanes of at least 4 members (excludes halogenated alkanes) is 5. The Morgan fingerprint density at radius 3 is 1.31 bits per heavy atom. The molecule has 0 saturated carbocycles. The van der Waals surface area contributed by atoms with Gasteiger partial charge in [-0.15, -0.1) is 23.2 Å². The third kappa shape index (κ3) is 24.5. The summed E-state index contributed by atoms with van der Waals surface area (Å²) in [5.74, 6) is 1.66. The van der Waals surface area contributed by atoms with E-state index in [2.05, 4.69) is 13.8 Å². The molecule has 0 aromatic rings. The van der Waals surface area contributed by atoms with E-state index < -0.39 is 0 Å². The van der Waals surface area contributed by atoms with Crippen molar-refractivity contribution >= 4 is 23.2 Å². The number of rotatable bonds is 7. The van der Waals surface area contributed by atoms with Gasteiger partial charge in [-0.1, -0.05) is 46.0 Å². The zero-order valence-electron chi connectivity index (χ0n) is 9.12. The average Bonchev–Trinajstić information content (AvgIpc) is 2.17. The van der Waals surface area contributed by atoms with Crippen LogP contribution in [0.4, 0.5) is 0 Å². The summed E-state index contributed by atoms with van der Waals surface area (Å²) in [6, 6.07) is 0. The van der Waals surface area contributed by atoms with Crippen LogP contribution in [0.2, 0.25) is 0 Å². The van der Waals surface area contributed by atoms with Crippen LogP contribution < -0.4 is 0 Å². The maximum atomic E-state index is 5.44. The molecular formula is C11H24Cl2. The molecule has 0 rings (SSSR count). The smallest absolute Gasteiger partial charge is 0.0223 e. The second-order valence-electron chi connectivity index (χ2n) is 3.15. The van der Waals surface area contributed by atoms with Gasteiger partial charge in [0.1, 0.15) is 0 Å². The molecule has 0 aromatic heterocycles. The van der Waals surface area contributed by atoms with E-state index in [-0.39, 0.29) is 0 Å². The van der Waals surface area contributed by atoms with E-state index in [4.69, 9.17) is 23.2 Å². The van der Waals surface area contributed by atoms with Gasteiger partial charge in [0.2, 0.25) is 0 Å². The molecule has 0 aliphatic heterocycles. The highest BCUT2D eigenvalue weighted by atomic mass is 35.5. The summed E-state index contributed by atoms with van der Waals surface area (Å²) in [6.07, 6.45) is 8.87. The van der Waals surface area contributed by atoms with Crippen molar-refractivity contribution in [2.45, 2.75) is 58.8 Å². The molecule has 0 aliphatic rings. The molecule has 2 heteroatoms. The SMILES string of the molecule is CCCCCCCl.CCCCCCl. The monoisotopic (exact) mass is 226 g/mol. The first-order valence-electron chi connectivity index (χ1n) is 5.45. The molecule has 0 saturated heterocycles. The molecule has 0 atom stereocenters. The van der Waals surface area contributed by atoms with Gasteiger partial charge in [0.15, 0.2) is 0 Å². The molecule has 0 bridgehead atoms. The highest BCUT2D eigenvalue weighted by Gasteiger charge is 1.81. The first kappa shape index (κ1) is 16.0. The third-order valence-corrected chi connectivity index (χ3v) is 2.26. The zero-order valence-corrected chi connectivity index (χ0v) is 10.6. The van der Waals surface area contributed by atoms with E-state index in [1.54, 1.807) is 0 Å². The Morgan fingerprint density at radius 1 is 0.615 bits per heavy atom. The topological polar surface area (TPSA) is 0 Å². The van der Waals surface area contributed by atoms with E-state index >= 15 is 0 Å². The molecule has 0 amide bonds. The standard InChI is InChI=1S/C6H13Cl.C5H11Cl/c1-2-3-4-5-6-7;1-2-3-4-5-6/h2-6H2,1H3;2-5H2,1H3. The summed E-state index contributed by atoms with van der Waals surface area (Å²) in [5.41, 5.74) is 0. The molecule has 0 N–H and O–H groups in total. The predicted octanol–water partition coefficient (Wildman–Crippen LogP) is 5.22. The van der Waals surface area contributed by atoms with Gasteiger partial charge < -0.3 is 0 Å². The van der Waals surface area contributed by atoms with Crippen molar-refractivity contribution in [3.63, 3.8) is 0 Å². The van der Waals surface area contributed by atoms with Gasteiger partial charge in [-0.3, -0.25) is 0 Å². The van der Waals surface area contributed by atoms with Crippen molar-refractivity contribution in [2.75, 3.05) is 11.8 Å². The lowest BCUT2D eigenvalue weighted by Gasteiger charge is -1.89. The molecule has 0 spiro atoms. The number of hydrogen-bond donors (Lipinski definition) is 0. The van der Waals surface area contributed by atoms with Crippen LogP contribution in [0.3, 0.4) is 0 Å². The molecule has 0 unspecified atom stereocenters. The Hall–Kier alpha value is 0.580. The normalized spacial score (nSPS) is 9.23. The van der Waals surface area contributed by atoms with Crippen molar-refractivity contribution in [3.05, 3.63) is 0 Å². The molecule has 13 heavy (non-hydrogen) atoms. The minimum atomic E-state index is 0.827. The lowest BCUT2D eigenvalue weighted by Crippen LogP contribution is -1.74. The molecule has 0 aliphatic carbocycles. The highest BCUT2D eigenvalue weighted by Crippen LogP contribution is 1.98. The van der Waals surface area contributed by atoms with Crippen LogP contribution in [-0.2, 0) is 0 Å². The number of halogens is 2. The number of alkyl halides is 2. The van der Waals surface area contributed by atoms with Gasteiger partial charge in [0.05, 0.1) is 0 Å². The van der Waals surface area contributed by atoms with Crippen molar-refractivity contribution in [1.29, 1.82) is 0 Å². The van der Waals surface area contributed by atoms with Crippen LogP contribution in [0.25, 0.3) is 0 Å². The lowest BCUT2D eigenvalue weighted by atomic mass is 10.2. The molecule has 0 heterocycles. The first-order chi connectivity index (χ1) is 6.33. The molecule has 0 aromatic carbocycles. The van der Waals surface area contributed by atoms with Gasteiger partial charge in [-0.05, 0) is 12.8 Å². The fourth-order valence-electron chi connectivity index (χ4n) is 0.866. The molecular weight excluding hydrogens is 203 g/mol. The van der Waals surface area contributed by atoms with Crippen LogP contribution in [0.1, 0.15) is 58.8 Å². The van der Waals surface area contributed by atoms with Crippen LogP contribution in [0.15, 0.2) is 0 Å². The van der Waals surface area contributed by atoms with Crippen molar-refractivity contribution < 1.29 is 0 Å². The maximum Gasteiger partial charge on any atom is 0.0223 e. The molecule has 0 nitrogen and oxygen atoms in total. The summed E-state index contributed by atoms with van der Waals surface area (Å²) in [7, 11) is 0. The summed E-state index contributed by atoms with van der Waals surface area (Å²) in [5, 5.41) is 0. The summed E-state index contributed by atoms with van der Waals surface area (Å²) >= 11 is 10.8. The Bertz CT molecular complexity index is 57.1. The first-order valence-corrected chi connectivity index (χ1v) is 6.52. The Morgan fingerprint density at radius 2 is 1.00 bits per heavy atom. The maximum absolute atomic E-state index is 5.44. The summed E-state index contributed by atoms with van der Waals surface area (Å²) in [4.78, 5) is 0. The third-order valence-electron chi connectivity index (χ3n) is 1.72. The van der Waals surface area contributed by atoms with E-state index in [1.165, 1.54) is 44.9 Å². The molecule has 82 valence electrons. The molecule has 0 radical (unpaired) electrons. The van der Waals surface area contributed by atoms with Gasteiger partial charge >= 0.3 is 0 Å². The summed E-state index contributed by atoms with van der Waals surface area (Å²) < 4.78 is 0. The van der Waals surface area contributed by atoms with Crippen LogP contribution in [-0.4, -0.2) is 11.8 Å². The van der Waals surface area contributed by atoms with Gasteiger partial charge in [0, 0.05) is 11.8 Å². The van der Waals surface area contributed by atoms with E-state index in [0.717, 1.165) is 11.8 Å². The van der Waals surface area contributed by atoms with Crippen LogP contribution >= 0.6 is 23.2 Å². The fourth-order valence-corrected chi connectivity index (χ4v) is 1.24. The van der Waals surface area contributed by atoms with Crippen LogP contribution in [0, 0.1) is 0 Å². The predicted molar refractivity (Wildman–Crippen MR) is 65.1 cm³/mol. The van der Waals surface area contributed by atoms with E-state index in [1.807, 2.05) is 0 Å². The second-order valence-corrected chi connectivity index (χ2v) is 3.90. The Labute approximate surface area is 94.0 Å². The van der Waals surface area contributed by atoms with E-state index in [0.29, 0.717) is 0 Å². The molecule has 0 fully saturated rings. The quantitative estimate of drug-likeness (QED) is 0.413. The van der Waals surface area contributed by atoms with Gasteiger partial charge in [0.25, 0.3) is 0 Å². The zero-order chi connectivity index (χ0) is 10.4. The lowest BCUT2D eigenvalue weighted by molar-refractivity contribution is 0.705. The van der Waals surface area contributed by atoms with Crippen molar-refractivity contribution in [1.82, 2.24) is 0 Å².